The number of piperidine rings is 1. The zero-order valence-electron chi connectivity index (χ0n) is 21.7. The Morgan fingerprint density at radius 3 is 2.00 bits per heavy atom. The number of likely N-dealkylation sites (tertiary alicyclic amines) is 1. The van der Waals surface area contributed by atoms with Crippen LogP contribution in [0.3, 0.4) is 0 Å². The van der Waals surface area contributed by atoms with E-state index in [0.717, 1.165) is 38.0 Å². The molecule has 39 heavy (non-hydrogen) atoms. The van der Waals surface area contributed by atoms with Gasteiger partial charge in [-0.05, 0) is 67.9 Å². The van der Waals surface area contributed by atoms with E-state index in [2.05, 4.69) is 10.2 Å². The standard InChI is InChI=1S/C29H32F6N2O2/c1-19(21-15-23(28(30,31)32)17-24(16-21)29(33,34)35)26(39)36-27(22-5-3-2-4-6-22)11-7-20(8-12-27)18-37-13-9-25(38)10-14-37/h2-6,15-17,19-20H,7-14,18H2,1H3,(H,36,39). The van der Waals surface area contributed by atoms with E-state index >= 15 is 0 Å². The summed E-state index contributed by atoms with van der Waals surface area (Å²) in [6.07, 6.45) is -6.12. The van der Waals surface area contributed by atoms with Crippen LogP contribution in [0, 0.1) is 5.92 Å². The lowest BCUT2D eigenvalue weighted by atomic mass is 9.72. The third-order valence-electron chi connectivity index (χ3n) is 8.08. The number of amides is 1. The van der Waals surface area contributed by atoms with E-state index in [4.69, 9.17) is 0 Å². The molecule has 0 radical (unpaired) electrons. The van der Waals surface area contributed by atoms with E-state index in [1.54, 1.807) is 0 Å². The maximum Gasteiger partial charge on any atom is 0.416 e. The predicted octanol–water partition coefficient (Wildman–Crippen LogP) is 6.69. The summed E-state index contributed by atoms with van der Waals surface area (Å²) in [7, 11) is 0. The lowest BCUT2D eigenvalue weighted by molar-refractivity contribution is -0.143. The van der Waals surface area contributed by atoms with Crippen molar-refractivity contribution in [3.05, 3.63) is 70.8 Å². The number of hydrogen-bond donors (Lipinski definition) is 1. The van der Waals surface area contributed by atoms with Crippen LogP contribution < -0.4 is 5.32 Å². The molecule has 1 aliphatic heterocycles. The topological polar surface area (TPSA) is 49.4 Å². The van der Waals surface area contributed by atoms with Crippen molar-refractivity contribution in [2.24, 2.45) is 5.92 Å². The van der Waals surface area contributed by atoms with Crippen molar-refractivity contribution in [3.63, 3.8) is 0 Å². The van der Waals surface area contributed by atoms with Gasteiger partial charge in [-0.2, -0.15) is 26.3 Å². The molecule has 2 aromatic rings. The Bertz CT molecular complexity index is 1130. The molecule has 1 unspecified atom stereocenters. The first-order valence-electron chi connectivity index (χ1n) is 13.2. The smallest absolute Gasteiger partial charge is 0.346 e. The summed E-state index contributed by atoms with van der Waals surface area (Å²) in [4.78, 5) is 27.3. The second-order valence-corrected chi connectivity index (χ2v) is 10.8. The van der Waals surface area contributed by atoms with Crippen molar-refractivity contribution in [1.82, 2.24) is 10.2 Å². The molecule has 0 bridgehead atoms. The molecule has 1 saturated heterocycles. The largest absolute Gasteiger partial charge is 0.416 e. The number of benzene rings is 2. The van der Waals surface area contributed by atoms with Crippen molar-refractivity contribution in [2.75, 3.05) is 19.6 Å². The number of Topliss-reactive ketones (excluding diaryl/α,β-unsaturated/α-hetero) is 1. The zero-order chi connectivity index (χ0) is 28.4. The Morgan fingerprint density at radius 2 is 1.49 bits per heavy atom. The first kappa shape index (κ1) is 29.1. The average Bonchev–Trinajstić information content (AvgIpc) is 2.90. The summed E-state index contributed by atoms with van der Waals surface area (Å²) in [6, 6.07) is 10.6. The highest BCUT2D eigenvalue weighted by Gasteiger charge is 2.41. The highest BCUT2D eigenvalue weighted by Crippen LogP contribution is 2.42. The molecule has 1 amide bonds. The van der Waals surface area contributed by atoms with Crippen LogP contribution in [-0.2, 0) is 27.5 Å². The number of ketones is 1. The zero-order valence-corrected chi connectivity index (χ0v) is 21.7. The Labute approximate surface area is 223 Å². The summed E-state index contributed by atoms with van der Waals surface area (Å²) in [5, 5.41) is 3.03. The Balaban J connectivity index is 1.54. The maximum absolute atomic E-state index is 13.4. The van der Waals surface area contributed by atoms with Crippen molar-refractivity contribution < 1.29 is 35.9 Å². The summed E-state index contributed by atoms with van der Waals surface area (Å²) in [6.45, 7) is 3.66. The fourth-order valence-electron chi connectivity index (χ4n) is 5.67. The van der Waals surface area contributed by atoms with Crippen molar-refractivity contribution in [3.8, 4) is 0 Å². The monoisotopic (exact) mass is 554 g/mol. The number of halogens is 6. The summed E-state index contributed by atoms with van der Waals surface area (Å²) in [5.41, 5.74) is -3.15. The average molecular weight is 555 g/mol. The van der Waals surface area contributed by atoms with Gasteiger partial charge in [0.25, 0.3) is 0 Å². The highest BCUT2D eigenvalue weighted by atomic mass is 19.4. The normalized spacial score (nSPS) is 23.9. The van der Waals surface area contributed by atoms with Crippen molar-refractivity contribution in [2.45, 2.75) is 69.3 Å². The summed E-state index contributed by atoms with van der Waals surface area (Å²) >= 11 is 0. The molecule has 1 atom stereocenters. The minimum absolute atomic E-state index is 0.0686. The lowest BCUT2D eigenvalue weighted by Gasteiger charge is -2.43. The molecule has 2 aliphatic rings. The van der Waals surface area contributed by atoms with Crippen LogP contribution in [0.25, 0.3) is 0 Å². The second-order valence-electron chi connectivity index (χ2n) is 10.8. The van der Waals surface area contributed by atoms with E-state index in [-0.39, 0.29) is 17.4 Å². The third-order valence-corrected chi connectivity index (χ3v) is 8.08. The van der Waals surface area contributed by atoms with Gasteiger partial charge < -0.3 is 10.2 Å². The second kappa shape index (κ2) is 11.3. The van der Waals surface area contributed by atoms with Crippen LogP contribution in [-0.4, -0.2) is 36.2 Å². The first-order valence-corrected chi connectivity index (χ1v) is 13.2. The van der Waals surface area contributed by atoms with Gasteiger partial charge in [0, 0.05) is 32.5 Å². The van der Waals surface area contributed by atoms with Crippen LogP contribution in [0.5, 0.6) is 0 Å². The third kappa shape index (κ3) is 7.01. The molecule has 1 saturated carbocycles. The van der Waals surface area contributed by atoms with E-state index in [1.165, 1.54) is 6.92 Å². The number of nitrogens with zero attached hydrogens (tertiary/aromatic N) is 1. The molecule has 4 nitrogen and oxygen atoms in total. The fraction of sp³-hybridized carbons (Fsp3) is 0.517. The fourth-order valence-corrected chi connectivity index (χ4v) is 5.67. The van der Waals surface area contributed by atoms with Gasteiger partial charge in [-0.15, -0.1) is 0 Å². The van der Waals surface area contributed by atoms with Gasteiger partial charge in [-0.25, -0.2) is 0 Å². The number of carbonyl (C=O) groups is 2. The first-order chi connectivity index (χ1) is 18.3. The summed E-state index contributed by atoms with van der Waals surface area (Å²) < 4.78 is 80.3. The van der Waals surface area contributed by atoms with Crippen LogP contribution in [0.1, 0.15) is 73.6 Å². The van der Waals surface area contributed by atoms with E-state index in [9.17, 15) is 35.9 Å². The van der Waals surface area contributed by atoms with Gasteiger partial charge in [-0.3, -0.25) is 9.59 Å². The molecular weight excluding hydrogens is 522 g/mol. The van der Waals surface area contributed by atoms with Gasteiger partial charge in [0.2, 0.25) is 5.91 Å². The highest BCUT2D eigenvalue weighted by molar-refractivity contribution is 5.84. The predicted molar refractivity (Wildman–Crippen MR) is 134 cm³/mol. The number of rotatable bonds is 6. The molecule has 10 heteroatoms. The van der Waals surface area contributed by atoms with Gasteiger partial charge in [0.05, 0.1) is 22.6 Å². The minimum atomic E-state index is -4.99. The number of hydrogen-bond acceptors (Lipinski definition) is 3. The quantitative estimate of drug-likeness (QED) is 0.405. The Hall–Kier alpha value is -2.88. The van der Waals surface area contributed by atoms with Crippen LogP contribution in [0.4, 0.5) is 26.3 Å². The number of alkyl halides is 6. The number of nitrogens with one attached hydrogen (secondary N) is 1. The van der Waals surface area contributed by atoms with Crippen LogP contribution in [0.15, 0.2) is 48.5 Å². The molecule has 0 aromatic heterocycles. The molecule has 2 aromatic carbocycles. The molecule has 1 heterocycles. The molecular formula is C29H32F6N2O2. The molecule has 0 spiro atoms. The summed E-state index contributed by atoms with van der Waals surface area (Å²) in [5.74, 6) is -1.22. The maximum atomic E-state index is 13.4. The van der Waals surface area contributed by atoms with Crippen LogP contribution >= 0.6 is 0 Å². The Morgan fingerprint density at radius 1 is 0.949 bits per heavy atom. The van der Waals surface area contributed by atoms with Crippen LogP contribution in [0.2, 0.25) is 0 Å². The number of carbonyl (C=O) groups excluding carboxylic acids is 2. The van der Waals surface area contributed by atoms with E-state index in [0.29, 0.717) is 43.7 Å². The molecule has 1 N–H and O–H groups in total. The van der Waals surface area contributed by atoms with Gasteiger partial charge in [-0.1, -0.05) is 30.3 Å². The SMILES string of the molecule is CC(C(=O)NC1(c2ccccc2)CCC(CN2CCC(=O)CC2)CC1)c1cc(C(F)(F)F)cc(C(F)(F)F)c1. The van der Waals surface area contributed by atoms with Gasteiger partial charge in [0.15, 0.2) is 0 Å². The van der Waals surface area contributed by atoms with Gasteiger partial charge in [0.1, 0.15) is 5.78 Å². The molecule has 212 valence electrons. The molecule has 2 fully saturated rings. The Kier molecular flexibility index (Phi) is 8.44. The molecule has 1 aliphatic carbocycles. The van der Waals surface area contributed by atoms with E-state index < -0.39 is 40.8 Å². The minimum Gasteiger partial charge on any atom is -0.346 e. The van der Waals surface area contributed by atoms with Gasteiger partial charge >= 0.3 is 12.4 Å². The van der Waals surface area contributed by atoms with Crippen molar-refractivity contribution in [1.29, 1.82) is 0 Å². The lowest BCUT2D eigenvalue weighted by Crippen LogP contribution is -2.50. The van der Waals surface area contributed by atoms with Crippen molar-refractivity contribution >= 4 is 11.7 Å². The molecule has 4 rings (SSSR count). The van der Waals surface area contributed by atoms with E-state index in [1.807, 2.05) is 30.3 Å².